The molecule has 1 N–H and O–H groups in total. The van der Waals surface area contributed by atoms with Crippen LogP contribution in [0.15, 0.2) is 23.1 Å². The zero-order chi connectivity index (χ0) is 16.3. The number of rotatable bonds is 6. The summed E-state index contributed by atoms with van der Waals surface area (Å²) in [6, 6.07) is 1.80. The maximum absolute atomic E-state index is 13.1. The Bertz CT molecular complexity index is 587. The van der Waals surface area contributed by atoms with E-state index in [1.165, 1.54) is 7.11 Å². The molecule has 1 aromatic carbocycles. The molecule has 1 aromatic rings. The first kappa shape index (κ1) is 17.7. The van der Waals surface area contributed by atoms with Crippen LogP contribution in [0.4, 0.5) is 23.2 Å². The predicted molar refractivity (Wildman–Crippen MR) is 69.2 cm³/mol. The third-order valence-electron chi connectivity index (χ3n) is 2.76. The van der Waals surface area contributed by atoms with Gasteiger partial charge in [-0.1, -0.05) is 6.92 Å². The maximum atomic E-state index is 13.1. The van der Waals surface area contributed by atoms with Gasteiger partial charge in [0, 0.05) is 13.2 Å². The van der Waals surface area contributed by atoms with Gasteiger partial charge in [-0.05, 0) is 24.6 Å². The molecule has 0 saturated carbocycles. The van der Waals surface area contributed by atoms with E-state index in [1.54, 1.807) is 6.92 Å². The van der Waals surface area contributed by atoms with Crippen LogP contribution in [0, 0.1) is 5.82 Å². The van der Waals surface area contributed by atoms with E-state index in [-0.39, 0.29) is 12.3 Å². The van der Waals surface area contributed by atoms with Gasteiger partial charge >= 0.3 is 5.51 Å². The first-order chi connectivity index (χ1) is 9.63. The van der Waals surface area contributed by atoms with E-state index in [1.807, 2.05) is 0 Å². The van der Waals surface area contributed by atoms with Gasteiger partial charge in [0.25, 0.3) is 9.84 Å². The van der Waals surface area contributed by atoms with Gasteiger partial charge in [0.1, 0.15) is 10.7 Å². The lowest BCUT2D eigenvalue weighted by Gasteiger charge is -2.20. The second-order valence-corrected chi connectivity index (χ2v) is 6.20. The van der Waals surface area contributed by atoms with Crippen molar-refractivity contribution in [1.29, 1.82) is 0 Å². The molecule has 9 heteroatoms. The Labute approximate surface area is 120 Å². The molecule has 0 saturated heterocycles. The topological polar surface area (TPSA) is 55.4 Å². The second-order valence-electron chi connectivity index (χ2n) is 4.29. The molecular formula is C12H15F4NO3S. The van der Waals surface area contributed by atoms with Crippen LogP contribution in [0.5, 0.6) is 0 Å². The van der Waals surface area contributed by atoms with Gasteiger partial charge in [-0.15, -0.1) is 0 Å². The van der Waals surface area contributed by atoms with Crippen LogP contribution < -0.4 is 5.32 Å². The quantitative estimate of drug-likeness (QED) is 0.815. The highest BCUT2D eigenvalue weighted by molar-refractivity contribution is 7.92. The molecule has 0 heterocycles. The van der Waals surface area contributed by atoms with Gasteiger partial charge in [-0.2, -0.15) is 13.2 Å². The fraction of sp³-hybridized carbons (Fsp3) is 0.500. The third kappa shape index (κ3) is 4.07. The standard InChI is InChI=1S/C12H15F4NO3S/c1-3-9(7-20-2)17-10-5-4-8(13)6-11(10)21(18,19)12(14,15)16/h4-6,9,17H,3,7H2,1-2H3. The molecule has 4 nitrogen and oxygen atoms in total. The lowest BCUT2D eigenvalue weighted by Crippen LogP contribution is -2.28. The van der Waals surface area contributed by atoms with E-state index in [9.17, 15) is 26.0 Å². The number of methoxy groups -OCH3 is 1. The minimum atomic E-state index is -5.64. The highest BCUT2D eigenvalue weighted by atomic mass is 32.2. The molecule has 1 atom stereocenters. The number of halogens is 4. The van der Waals surface area contributed by atoms with Gasteiger partial charge < -0.3 is 10.1 Å². The first-order valence-electron chi connectivity index (χ1n) is 5.99. The monoisotopic (exact) mass is 329 g/mol. The lowest BCUT2D eigenvalue weighted by molar-refractivity contribution is -0.0435. The Balaban J connectivity index is 3.30. The number of benzene rings is 1. The van der Waals surface area contributed by atoms with Gasteiger partial charge in [-0.25, -0.2) is 12.8 Å². The van der Waals surface area contributed by atoms with Crippen molar-refractivity contribution in [2.75, 3.05) is 19.0 Å². The molecule has 1 rings (SSSR count). The summed E-state index contributed by atoms with van der Waals surface area (Å²) in [4.78, 5) is -1.13. The lowest BCUT2D eigenvalue weighted by atomic mass is 10.2. The molecule has 0 bridgehead atoms. The van der Waals surface area contributed by atoms with Crippen LogP contribution in [0.1, 0.15) is 13.3 Å². The number of anilines is 1. The number of ether oxygens (including phenoxy) is 1. The Kier molecular flexibility index (Phi) is 5.57. The molecule has 1 unspecified atom stereocenters. The van der Waals surface area contributed by atoms with Gasteiger partial charge in [0.15, 0.2) is 0 Å². The van der Waals surface area contributed by atoms with Crippen molar-refractivity contribution in [2.45, 2.75) is 29.8 Å². The molecule has 0 aromatic heterocycles. The molecule has 0 fully saturated rings. The fourth-order valence-electron chi connectivity index (χ4n) is 1.65. The minimum absolute atomic E-state index is 0.166. The molecule has 0 aliphatic carbocycles. The molecule has 0 aliphatic heterocycles. The summed E-state index contributed by atoms with van der Waals surface area (Å²) in [5.74, 6) is -1.07. The van der Waals surface area contributed by atoms with Crippen molar-refractivity contribution >= 4 is 15.5 Å². The Morgan fingerprint density at radius 1 is 1.33 bits per heavy atom. The summed E-state index contributed by atoms with van der Waals surface area (Å²) in [5.41, 5.74) is -5.81. The number of nitrogens with one attached hydrogen (secondary N) is 1. The number of hydrogen-bond donors (Lipinski definition) is 1. The molecule has 21 heavy (non-hydrogen) atoms. The highest BCUT2D eigenvalue weighted by Crippen LogP contribution is 2.35. The Hall–Kier alpha value is -1.35. The van der Waals surface area contributed by atoms with Crippen molar-refractivity contribution in [3.8, 4) is 0 Å². The second kappa shape index (κ2) is 6.61. The molecule has 0 radical (unpaired) electrons. The largest absolute Gasteiger partial charge is 0.501 e. The summed E-state index contributed by atoms with van der Waals surface area (Å²) in [7, 11) is -4.24. The van der Waals surface area contributed by atoms with Crippen LogP contribution >= 0.6 is 0 Å². The van der Waals surface area contributed by atoms with E-state index < -0.39 is 32.1 Å². The molecule has 0 aliphatic rings. The number of alkyl halides is 3. The normalized spacial score (nSPS) is 14.0. The summed E-state index contributed by atoms with van der Waals surface area (Å²) in [6.45, 7) is 1.91. The highest BCUT2D eigenvalue weighted by Gasteiger charge is 2.48. The van der Waals surface area contributed by atoms with Gasteiger partial charge in [0.05, 0.1) is 12.3 Å². The molecule has 0 amide bonds. The van der Waals surface area contributed by atoms with Crippen LogP contribution in [0.25, 0.3) is 0 Å². The zero-order valence-electron chi connectivity index (χ0n) is 11.4. The maximum Gasteiger partial charge on any atom is 0.501 e. The number of hydrogen-bond acceptors (Lipinski definition) is 4. The third-order valence-corrected chi connectivity index (χ3v) is 4.28. The van der Waals surface area contributed by atoms with E-state index >= 15 is 0 Å². The smallest absolute Gasteiger partial charge is 0.383 e. The Morgan fingerprint density at radius 2 is 1.95 bits per heavy atom. The molecule has 120 valence electrons. The zero-order valence-corrected chi connectivity index (χ0v) is 12.2. The van der Waals surface area contributed by atoms with Crippen molar-refractivity contribution in [2.24, 2.45) is 0 Å². The number of sulfone groups is 1. The summed E-state index contributed by atoms with van der Waals surface area (Å²) in [6.07, 6.45) is 0.483. The van der Waals surface area contributed by atoms with Gasteiger partial charge in [-0.3, -0.25) is 0 Å². The minimum Gasteiger partial charge on any atom is -0.383 e. The van der Waals surface area contributed by atoms with Crippen LogP contribution in [-0.2, 0) is 14.6 Å². The van der Waals surface area contributed by atoms with E-state index in [0.29, 0.717) is 12.5 Å². The summed E-state index contributed by atoms with van der Waals surface area (Å²) < 4.78 is 78.9. The summed E-state index contributed by atoms with van der Waals surface area (Å²) >= 11 is 0. The summed E-state index contributed by atoms with van der Waals surface area (Å²) in [5, 5.41) is 2.63. The predicted octanol–water partition coefficient (Wildman–Crippen LogP) is 2.96. The van der Waals surface area contributed by atoms with Crippen LogP contribution in [0.3, 0.4) is 0 Å². The fourth-order valence-corrected chi connectivity index (χ4v) is 2.58. The average molecular weight is 329 g/mol. The van der Waals surface area contributed by atoms with Crippen LogP contribution in [-0.4, -0.2) is 33.7 Å². The van der Waals surface area contributed by atoms with Gasteiger partial charge in [0.2, 0.25) is 0 Å². The van der Waals surface area contributed by atoms with Crippen molar-refractivity contribution in [3.05, 3.63) is 24.0 Å². The first-order valence-corrected chi connectivity index (χ1v) is 7.48. The Morgan fingerprint density at radius 3 is 2.43 bits per heavy atom. The van der Waals surface area contributed by atoms with Crippen molar-refractivity contribution < 1.29 is 30.7 Å². The van der Waals surface area contributed by atoms with Crippen molar-refractivity contribution in [1.82, 2.24) is 0 Å². The molecule has 0 spiro atoms. The van der Waals surface area contributed by atoms with E-state index in [0.717, 1.165) is 12.1 Å². The van der Waals surface area contributed by atoms with Crippen LogP contribution in [0.2, 0.25) is 0 Å². The van der Waals surface area contributed by atoms with Crippen molar-refractivity contribution in [3.63, 3.8) is 0 Å². The van der Waals surface area contributed by atoms with E-state index in [4.69, 9.17) is 4.74 Å². The van der Waals surface area contributed by atoms with E-state index in [2.05, 4.69) is 5.32 Å². The average Bonchev–Trinajstić information content (AvgIpc) is 2.38. The molecular weight excluding hydrogens is 314 g/mol. The SMILES string of the molecule is CCC(COC)Nc1ccc(F)cc1S(=O)(=O)C(F)(F)F.